The molecule has 0 amide bonds. The van der Waals surface area contributed by atoms with Crippen LogP contribution in [0.15, 0.2) is 54.6 Å². The first-order valence-corrected chi connectivity index (χ1v) is 6.42. The van der Waals surface area contributed by atoms with Gasteiger partial charge in [-0.2, -0.15) is 0 Å². The minimum atomic E-state index is 0. The number of fused-ring (bicyclic) bond motifs is 1. The van der Waals surface area contributed by atoms with Crippen LogP contribution >= 0.6 is 0 Å². The SMILES string of the molecule is Cc1cccc(Nc2cc(C)nc3ccccc23)c1.[Cl-]. The summed E-state index contributed by atoms with van der Waals surface area (Å²) in [4.78, 5) is 4.56. The van der Waals surface area contributed by atoms with E-state index in [1.54, 1.807) is 0 Å². The maximum absolute atomic E-state index is 4.56. The summed E-state index contributed by atoms with van der Waals surface area (Å²) < 4.78 is 0. The predicted molar refractivity (Wildman–Crippen MR) is 80.9 cm³/mol. The molecule has 0 atom stereocenters. The fraction of sp³-hybridized carbons (Fsp3) is 0.118. The number of hydrogen-bond donors (Lipinski definition) is 1. The Morgan fingerprint density at radius 2 is 1.70 bits per heavy atom. The van der Waals surface area contributed by atoms with Crippen molar-refractivity contribution in [3.63, 3.8) is 0 Å². The summed E-state index contributed by atoms with van der Waals surface area (Å²) in [5, 5.41) is 4.64. The normalized spacial score (nSPS) is 10.1. The van der Waals surface area contributed by atoms with E-state index in [0.29, 0.717) is 0 Å². The van der Waals surface area contributed by atoms with Crippen molar-refractivity contribution < 1.29 is 12.4 Å². The van der Waals surface area contributed by atoms with Crippen LogP contribution in [0.3, 0.4) is 0 Å². The average Bonchev–Trinajstić information content (AvgIpc) is 2.38. The van der Waals surface area contributed by atoms with Crippen molar-refractivity contribution in [3.8, 4) is 0 Å². The van der Waals surface area contributed by atoms with E-state index in [2.05, 4.69) is 53.6 Å². The van der Waals surface area contributed by atoms with E-state index in [9.17, 15) is 0 Å². The number of nitrogens with one attached hydrogen (secondary N) is 1. The van der Waals surface area contributed by atoms with Gasteiger partial charge in [-0.15, -0.1) is 0 Å². The summed E-state index contributed by atoms with van der Waals surface area (Å²) in [5.41, 5.74) is 5.51. The molecule has 1 heterocycles. The number of pyridine rings is 1. The minimum Gasteiger partial charge on any atom is -1.00 e. The van der Waals surface area contributed by atoms with Crippen LogP contribution in [0, 0.1) is 13.8 Å². The number of rotatable bonds is 2. The molecule has 0 aliphatic carbocycles. The summed E-state index contributed by atoms with van der Waals surface area (Å²) in [6.07, 6.45) is 0. The maximum atomic E-state index is 4.56. The molecule has 0 spiro atoms. The van der Waals surface area contributed by atoms with Gasteiger partial charge in [0.05, 0.1) is 5.52 Å². The topological polar surface area (TPSA) is 24.9 Å². The van der Waals surface area contributed by atoms with Gasteiger partial charge >= 0.3 is 0 Å². The number of para-hydroxylation sites is 1. The molecule has 0 radical (unpaired) electrons. The first-order valence-electron chi connectivity index (χ1n) is 6.42. The summed E-state index contributed by atoms with van der Waals surface area (Å²) in [5.74, 6) is 0. The zero-order chi connectivity index (χ0) is 13.2. The fourth-order valence-corrected chi connectivity index (χ4v) is 2.29. The Bertz CT molecular complexity index is 738. The zero-order valence-corrected chi connectivity index (χ0v) is 12.3. The summed E-state index contributed by atoms with van der Waals surface area (Å²) >= 11 is 0. The molecule has 2 nitrogen and oxygen atoms in total. The van der Waals surface area contributed by atoms with Gasteiger partial charge in [-0.05, 0) is 43.7 Å². The Balaban J connectivity index is 0.00000147. The van der Waals surface area contributed by atoms with Crippen LogP contribution in [-0.2, 0) is 0 Å². The summed E-state index contributed by atoms with van der Waals surface area (Å²) in [6, 6.07) is 18.7. The maximum Gasteiger partial charge on any atom is 0.0726 e. The number of halogens is 1. The van der Waals surface area contributed by atoms with Gasteiger partial charge in [0.25, 0.3) is 0 Å². The highest BCUT2D eigenvalue weighted by molar-refractivity contribution is 5.93. The van der Waals surface area contributed by atoms with E-state index in [-0.39, 0.29) is 12.4 Å². The molecular formula is C17H16ClN2-. The second-order valence-corrected chi connectivity index (χ2v) is 4.82. The van der Waals surface area contributed by atoms with Gasteiger partial charge in [0.1, 0.15) is 0 Å². The highest BCUT2D eigenvalue weighted by Gasteiger charge is 2.03. The Kier molecular flexibility index (Phi) is 4.26. The van der Waals surface area contributed by atoms with E-state index in [1.165, 1.54) is 5.56 Å². The molecule has 2 aromatic carbocycles. The van der Waals surface area contributed by atoms with Crippen molar-refractivity contribution in [2.75, 3.05) is 5.32 Å². The summed E-state index contributed by atoms with van der Waals surface area (Å²) in [6.45, 7) is 4.12. The first kappa shape index (κ1) is 14.4. The number of benzene rings is 2. The molecule has 0 saturated carbocycles. The highest BCUT2D eigenvalue weighted by Crippen LogP contribution is 2.26. The smallest absolute Gasteiger partial charge is 0.0726 e. The molecule has 20 heavy (non-hydrogen) atoms. The second-order valence-electron chi connectivity index (χ2n) is 4.82. The molecule has 0 bridgehead atoms. The Morgan fingerprint density at radius 1 is 0.900 bits per heavy atom. The number of hydrogen-bond acceptors (Lipinski definition) is 2. The zero-order valence-electron chi connectivity index (χ0n) is 11.5. The molecule has 0 saturated heterocycles. The number of aryl methyl sites for hydroxylation is 2. The molecule has 3 aromatic rings. The third-order valence-electron chi connectivity index (χ3n) is 3.14. The summed E-state index contributed by atoms with van der Waals surface area (Å²) in [7, 11) is 0. The minimum absolute atomic E-state index is 0. The Labute approximate surface area is 125 Å². The molecule has 1 aromatic heterocycles. The molecule has 0 aliphatic heterocycles. The molecule has 0 aliphatic rings. The molecule has 3 rings (SSSR count). The van der Waals surface area contributed by atoms with Gasteiger partial charge in [0.2, 0.25) is 0 Å². The van der Waals surface area contributed by atoms with Gasteiger partial charge < -0.3 is 17.7 Å². The third kappa shape index (κ3) is 2.91. The van der Waals surface area contributed by atoms with Gasteiger partial charge in [0.15, 0.2) is 0 Å². The van der Waals surface area contributed by atoms with Crippen molar-refractivity contribution in [1.82, 2.24) is 4.98 Å². The lowest BCUT2D eigenvalue weighted by Crippen LogP contribution is -3.00. The van der Waals surface area contributed by atoms with E-state index in [1.807, 2.05) is 25.1 Å². The third-order valence-corrected chi connectivity index (χ3v) is 3.14. The van der Waals surface area contributed by atoms with E-state index in [4.69, 9.17) is 0 Å². The van der Waals surface area contributed by atoms with Gasteiger partial charge in [0, 0.05) is 22.5 Å². The lowest BCUT2D eigenvalue weighted by atomic mass is 10.1. The lowest BCUT2D eigenvalue weighted by Gasteiger charge is -2.11. The van der Waals surface area contributed by atoms with Crippen LogP contribution in [0.2, 0.25) is 0 Å². The molecule has 1 N–H and O–H groups in total. The average molecular weight is 284 g/mol. The van der Waals surface area contributed by atoms with Crippen LogP contribution < -0.4 is 17.7 Å². The van der Waals surface area contributed by atoms with Crippen LogP contribution in [0.25, 0.3) is 10.9 Å². The van der Waals surface area contributed by atoms with Gasteiger partial charge in [-0.1, -0.05) is 30.3 Å². The monoisotopic (exact) mass is 283 g/mol. The Morgan fingerprint density at radius 3 is 2.50 bits per heavy atom. The molecular weight excluding hydrogens is 268 g/mol. The molecule has 3 heteroatoms. The van der Waals surface area contributed by atoms with Crippen molar-refractivity contribution in [2.45, 2.75) is 13.8 Å². The van der Waals surface area contributed by atoms with E-state index in [0.717, 1.165) is 28.0 Å². The number of nitrogens with zero attached hydrogens (tertiary/aromatic N) is 1. The predicted octanol–water partition coefficient (Wildman–Crippen LogP) is 1.60. The lowest BCUT2D eigenvalue weighted by molar-refractivity contribution is -0.00000398. The van der Waals surface area contributed by atoms with Gasteiger partial charge in [-0.3, -0.25) is 4.98 Å². The fourth-order valence-electron chi connectivity index (χ4n) is 2.29. The van der Waals surface area contributed by atoms with Crippen LogP contribution in [0.5, 0.6) is 0 Å². The second kappa shape index (κ2) is 5.93. The first-order chi connectivity index (χ1) is 9.22. The molecule has 0 fully saturated rings. The van der Waals surface area contributed by atoms with Crippen LogP contribution in [0.1, 0.15) is 11.3 Å². The molecule has 102 valence electrons. The Hall–Kier alpha value is -2.06. The number of anilines is 2. The van der Waals surface area contributed by atoms with Crippen molar-refractivity contribution in [2.24, 2.45) is 0 Å². The van der Waals surface area contributed by atoms with E-state index < -0.39 is 0 Å². The number of aromatic nitrogens is 1. The largest absolute Gasteiger partial charge is 1.00 e. The standard InChI is InChI=1S/C17H16N2.ClH/c1-12-6-5-7-14(10-12)19-17-11-13(2)18-16-9-4-3-8-15(16)17;/h3-11H,1-2H3,(H,18,19);1H/p-1. The quantitative estimate of drug-likeness (QED) is 0.773. The van der Waals surface area contributed by atoms with Crippen molar-refractivity contribution in [3.05, 3.63) is 65.9 Å². The van der Waals surface area contributed by atoms with E-state index >= 15 is 0 Å². The van der Waals surface area contributed by atoms with Crippen LogP contribution in [0.4, 0.5) is 11.4 Å². The van der Waals surface area contributed by atoms with Crippen molar-refractivity contribution in [1.29, 1.82) is 0 Å². The highest BCUT2D eigenvalue weighted by atomic mass is 35.5. The molecule has 0 unspecified atom stereocenters. The van der Waals surface area contributed by atoms with Gasteiger partial charge in [-0.25, -0.2) is 0 Å². The van der Waals surface area contributed by atoms with Crippen molar-refractivity contribution >= 4 is 22.3 Å². The van der Waals surface area contributed by atoms with Crippen LogP contribution in [-0.4, -0.2) is 4.98 Å².